The number of sulfonamides is 1. The maximum atomic E-state index is 12.4. The summed E-state index contributed by atoms with van der Waals surface area (Å²) >= 11 is 0. The van der Waals surface area contributed by atoms with Gasteiger partial charge in [-0.25, -0.2) is 13.1 Å². The third kappa shape index (κ3) is 2.72. The number of rotatable bonds is 4. The number of aromatic amines is 1. The molecule has 0 aliphatic carbocycles. The molecule has 0 saturated carbocycles. The van der Waals surface area contributed by atoms with E-state index in [1.165, 1.54) is 6.20 Å². The van der Waals surface area contributed by atoms with E-state index >= 15 is 0 Å². The fourth-order valence-corrected chi connectivity index (χ4v) is 3.72. The number of amides is 1. The minimum Gasteiger partial charge on any atom is -0.399 e. The highest BCUT2D eigenvalue weighted by atomic mass is 32.2. The third-order valence-electron chi connectivity index (χ3n) is 3.56. The lowest BCUT2D eigenvalue weighted by Crippen LogP contribution is -2.38. The Bertz CT molecular complexity index is 797. The first-order valence-corrected chi connectivity index (χ1v) is 8.10. The van der Waals surface area contributed by atoms with Crippen molar-refractivity contribution in [1.29, 1.82) is 0 Å². The molecular formula is C13H16N4O3S. The van der Waals surface area contributed by atoms with Crippen LogP contribution in [0.15, 0.2) is 29.3 Å². The molecule has 3 rings (SSSR count). The van der Waals surface area contributed by atoms with Crippen LogP contribution in [-0.4, -0.2) is 31.9 Å². The molecule has 112 valence electrons. The van der Waals surface area contributed by atoms with Crippen molar-refractivity contribution < 1.29 is 13.2 Å². The number of benzene rings is 1. The van der Waals surface area contributed by atoms with Crippen LogP contribution in [0.5, 0.6) is 0 Å². The van der Waals surface area contributed by atoms with E-state index in [2.05, 4.69) is 15.0 Å². The Balaban J connectivity index is 1.81. The zero-order chi connectivity index (χ0) is 15.0. The molecule has 0 spiro atoms. The number of nitrogens with two attached hydrogens (primary N) is 1. The monoisotopic (exact) mass is 308 g/mol. The van der Waals surface area contributed by atoms with Gasteiger partial charge in [0.25, 0.3) is 0 Å². The first-order valence-electron chi connectivity index (χ1n) is 6.61. The summed E-state index contributed by atoms with van der Waals surface area (Å²) in [6, 6.07) is 4.87. The van der Waals surface area contributed by atoms with Crippen molar-refractivity contribution in [2.45, 2.75) is 23.8 Å². The number of carbonyl (C=O) groups excluding carboxylic acids is 1. The van der Waals surface area contributed by atoms with Gasteiger partial charge in [0, 0.05) is 41.8 Å². The van der Waals surface area contributed by atoms with Crippen molar-refractivity contribution in [2.24, 2.45) is 0 Å². The van der Waals surface area contributed by atoms with Crippen LogP contribution in [0.25, 0.3) is 10.9 Å². The largest absolute Gasteiger partial charge is 0.399 e. The predicted molar refractivity (Wildman–Crippen MR) is 79.1 cm³/mol. The van der Waals surface area contributed by atoms with Gasteiger partial charge in [-0.15, -0.1) is 0 Å². The molecule has 7 nitrogen and oxygen atoms in total. The van der Waals surface area contributed by atoms with E-state index in [0.29, 0.717) is 29.4 Å². The summed E-state index contributed by atoms with van der Waals surface area (Å²) in [7, 11) is -3.63. The van der Waals surface area contributed by atoms with Gasteiger partial charge in [-0.3, -0.25) is 4.79 Å². The second-order valence-corrected chi connectivity index (χ2v) is 6.85. The van der Waals surface area contributed by atoms with Crippen molar-refractivity contribution in [1.82, 2.24) is 15.0 Å². The average Bonchev–Trinajstić information content (AvgIpc) is 3.02. The summed E-state index contributed by atoms with van der Waals surface area (Å²) in [5.74, 6) is -0.0400. The zero-order valence-corrected chi connectivity index (χ0v) is 12.0. The first-order chi connectivity index (χ1) is 9.95. The van der Waals surface area contributed by atoms with Gasteiger partial charge in [0.2, 0.25) is 15.9 Å². The number of fused-ring (bicyclic) bond motifs is 1. The van der Waals surface area contributed by atoms with Gasteiger partial charge in [0.05, 0.1) is 0 Å². The molecule has 1 aliphatic heterocycles. The van der Waals surface area contributed by atoms with Crippen molar-refractivity contribution in [2.75, 3.05) is 12.3 Å². The van der Waals surface area contributed by atoms with Crippen LogP contribution in [0.2, 0.25) is 0 Å². The van der Waals surface area contributed by atoms with E-state index in [4.69, 9.17) is 5.73 Å². The summed E-state index contributed by atoms with van der Waals surface area (Å²) < 4.78 is 27.2. The number of aromatic nitrogens is 1. The van der Waals surface area contributed by atoms with Crippen LogP contribution in [0.4, 0.5) is 5.69 Å². The lowest BCUT2D eigenvalue weighted by Gasteiger charge is -2.11. The molecule has 1 atom stereocenters. The smallest absolute Gasteiger partial charge is 0.242 e. The van der Waals surface area contributed by atoms with Crippen LogP contribution < -0.4 is 15.8 Å². The Kier molecular flexibility index (Phi) is 3.34. The van der Waals surface area contributed by atoms with Crippen LogP contribution >= 0.6 is 0 Å². The number of anilines is 1. The summed E-state index contributed by atoms with van der Waals surface area (Å²) in [5.41, 5.74) is 6.91. The zero-order valence-electron chi connectivity index (χ0n) is 11.2. The molecule has 21 heavy (non-hydrogen) atoms. The van der Waals surface area contributed by atoms with E-state index < -0.39 is 10.0 Å². The summed E-state index contributed by atoms with van der Waals surface area (Å²) in [4.78, 5) is 14.2. The van der Waals surface area contributed by atoms with Gasteiger partial charge in [-0.05, 0) is 24.6 Å². The van der Waals surface area contributed by atoms with E-state index in [1.54, 1.807) is 18.2 Å². The van der Waals surface area contributed by atoms with Gasteiger partial charge in [-0.1, -0.05) is 0 Å². The molecule has 5 N–H and O–H groups in total. The molecule has 0 bridgehead atoms. The number of hydrogen-bond donors (Lipinski definition) is 4. The molecule has 1 saturated heterocycles. The minimum atomic E-state index is -3.63. The number of H-pyrrole nitrogens is 1. The Labute approximate surface area is 122 Å². The lowest BCUT2D eigenvalue weighted by molar-refractivity contribution is -0.119. The molecule has 1 amide bonds. The summed E-state index contributed by atoms with van der Waals surface area (Å²) in [6.07, 6.45) is 2.53. The molecule has 1 fully saturated rings. The highest BCUT2D eigenvalue weighted by molar-refractivity contribution is 7.89. The Morgan fingerprint density at radius 1 is 1.38 bits per heavy atom. The lowest BCUT2D eigenvalue weighted by atomic mass is 10.2. The fraction of sp³-hybridized carbons (Fsp3) is 0.308. The van der Waals surface area contributed by atoms with Gasteiger partial charge in [0.15, 0.2) is 0 Å². The third-order valence-corrected chi connectivity index (χ3v) is 5.03. The molecule has 1 aromatic carbocycles. The van der Waals surface area contributed by atoms with Crippen LogP contribution in [-0.2, 0) is 14.8 Å². The predicted octanol–water partition coefficient (Wildman–Crippen LogP) is 0.307. The Morgan fingerprint density at radius 3 is 2.90 bits per heavy atom. The van der Waals surface area contributed by atoms with Crippen LogP contribution in [0.3, 0.4) is 0 Å². The number of nitrogen functional groups attached to an aromatic ring is 1. The van der Waals surface area contributed by atoms with Gasteiger partial charge in [0.1, 0.15) is 4.90 Å². The Morgan fingerprint density at radius 2 is 2.19 bits per heavy atom. The number of hydrogen-bond acceptors (Lipinski definition) is 4. The van der Waals surface area contributed by atoms with Gasteiger partial charge < -0.3 is 16.0 Å². The number of carbonyl (C=O) groups is 1. The molecular weight excluding hydrogens is 292 g/mol. The van der Waals surface area contributed by atoms with Crippen molar-refractivity contribution in [3.8, 4) is 0 Å². The van der Waals surface area contributed by atoms with E-state index in [0.717, 1.165) is 0 Å². The summed E-state index contributed by atoms with van der Waals surface area (Å²) in [5, 5.41) is 3.32. The highest BCUT2D eigenvalue weighted by Gasteiger charge is 2.24. The molecule has 2 heterocycles. The second-order valence-electron chi connectivity index (χ2n) is 5.11. The minimum absolute atomic E-state index is 0.0400. The molecule has 8 heteroatoms. The van der Waals surface area contributed by atoms with Crippen molar-refractivity contribution in [3.63, 3.8) is 0 Å². The normalized spacial score (nSPS) is 19.0. The fourth-order valence-electron chi connectivity index (χ4n) is 2.46. The summed E-state index contributed by atoms with van der Waals surface area (Å²) in [6.45, 7) is 0.190. The second kappa shape index (κ2) is 5.05. The average molecular weight is 308 g/mol. The molecule has 1 aromatic heterocycles. The molecule has 1 aliphatic rings. The highest BCUT2D eigenvalue weighted by Crippen LogP contribution is 2.24. The van der Waals surface area contributed by atoms with Crippen molar-refractivity contribution >= 4 is 32.5 Å². The maximum absolute atomic E-state index is 12.4. The van der Waals surface area contributed by atoms with E-state index in [1.807, 2.05) is 0 Å². The molecule has 0 radical (unpaired) electrons. The standard InChI is InChI=1S/C13H16N4O3S/c14-8-1-3-10-11(5-8)15-7-12(10)21(19,20)16-6-9-2-4-13(18)17-9/h1,3,5,7,9,15-16H,2,4,6,14H2,(H,17,18). The van der Waals surface area contributed by atoms with Crippen molar-refractivity contribution in [3.05, 3.63) is 24.4 Å². The maximum Gasteiger partial charge on any atom is 0.242 e. The van der Waals surface area contributed by atoms with Gasteiger partial charge in [-0.2, -0.15) is 0 Å². The SMILES string of the molecule is Nc1ccc2c(S(=O)(=O)NCC3CCC(=O)N3)c[nH]c2c1. The topological polar surface area (TPSA) is 117 Å². The Hall–Kier alpha value is -2.06. The molecule has 2 aromatic rings. The number of nitrogens with one attached hydrogen (secondary N) is 3. The molecule has 1 unspecified atom stereocenters. The van der Waals surface area contributed by atoms with Crippen LogP contribution in [0.1, 0.15) is 12.8 Å². The van der Waals surface area contributed by atoms with E-state index in [9.17, 15) is 13.2 Å². The van der Waals surface area contributed by atoms with E-state index in [-0.39, 0.29) is 23.4 Å². The quantitative estimate of drug-likeness (QED) is 0.608. The van der Waals surface area contributed by atoms with Crippen LogP contribution in [0, 0.1) is 0 Å². The first kappa shape index (κ1) is 13.9. The van der Waals surface area contributed by atoms with Gasteiger partial charge >= 0.3 is 0 Å².